The molecular formula is C22H20N4O2. The van der Waals surface area contributed by atoms with E-state index in [2.05, 4.69) is 26.7 Å². The molecule has 2 aromatic carbocycles. The van der Waals surface area contributed by atoms with Crippen LogP contribution in [-0.2, 0) is 6.54 Å². The highest BCUT2D eigenvalue weighted by atomic mass is 16.6. The van der Waals surface area contributed by atoms with Crippen molar-refractivity contribution in [3.63, 3.8) is 0 Å². The zero-order valence-electron chi connectivity index (χ0n) is 15.5. The molecule has 0 amide bonds. The van der Waals surface area contributed by atoms with Crippen LogP contribution < -0.4 is 9.47 Å². The Morgan fingerprint density at radius 1 is 1.04 bits per heavy atom. The molecule has 1 N–H and O–H groups in total. The Morgan fingerprint density at radius 3 is 2.61 bits per heavy atom. The number of aryl methyl sites for hydroxylation is 1. The van der Waals surface area contributed by atoms with Crippen LogP contribution in [0, 0.1) is 6.92 Å². The molecule has 0 saturated carbocycles. The third-order valence-corrected chi connectivity index (χ3v) is 4.81. The van der Waals surface area contributed by atoms with E-state index < -0.39 is 0 Å². The molecule has 6 nitrogen and oxygen atoms in total. The van der Waals surface area contributed by atoms with Crippen molar-refractivity contribution >= 4 is 0 Å². The number of ether oxygens (including phenoxy) is 2. The van der Waals surface area contributed by atoms with Crippen molar-refractivity contribution < 1.29 is 9.47 Å². The van der Waals surface area contributed by atoms with Crippen molar-refractivity contribution in [1.82, 2.24) is 19.5 Å². The van der Waals surface area contributed by atoms with Crippen LogP contribution >= 0.6 is 0 Å². The van der Waals surface area contributed by atoms with Crippen molar-refractivity contribution in [3.8, 4) is 34.1 Å². The van der Waals surface area contributed by atoms with Crippen LogP contribution in [0.3, 0.4) is 0 Å². The number of H-pyrrole nitrogens is 1. The summed E-state index contributed by atoms with van der Waals surface area (Å²) in [5.74, 6) is 2.44. The number of imidazole rings is 2. The molecule has 0 bridgehead atoms. The summed E-state index contributed by atoms with van der Waals surface area (Å²) in [4.78, 5) is 12.4. The Hall–Kier alpha value is -3.54. The standard InChI is InChI=1S/C22H20N4O2/c1-15-23-11-18(25-15)22-21(16-7-3-2-4-8-16)24-14-26(22)12-17-13-27-19-9-5-6-10-20(19)28-17/h2-11,14,17H,12-13H2,1H3,(H,23,25). The molecule has 140 valence electrons. The van der Waals surface area contributed by atoms with Crippen molar-refractivity contribution in [3.05, 3.63) is 72.9 Å². The van der Waals surface area contributed by atoms with Gasteiger partial charge in [-0.25, -0.2) is 9.97 Å². The Labute approximate surface area is 162 Å². The van der Waals surface area contributed by atoms with E-state index in [1.165, 1.54) is 0 Å². The minimum atomic E-state index is -0.101. The van der Waals surface area contributed by atoms with Gasteiger partial charge in [-0.05, 0) is 19.1 Å². The number of para-hydroxylation sites is 2. The van der Waals surface area contributed by atoms with Crippen LogP contribution in [0.1, 0.15) is 5.82 Å². The van der Waals surface area contributed by atoms with Gasteiger partial charge in [0.15, 0.2) is 17.6 Å². The normalized spacial score (nSPS) is 15.5. The van der Waals surface area contributed by atoms with Crippen molar-refractivity contribution in [1.29, 1.82) is 0 Å². The molecule has 1 aliphatic rings. The summed E-state index contributed by atoms with van der Waals surface area (Å²) in [6, 6.07) is 17.9. The van der Waals surface area contributed by atoms with Gasteiger partial charge in [0.05, 0.1) is 36.2 Å². The highest BCUT2D eigenvalue weighted by molar-refractivity contribution is 5.76. The predicted octanol–water partition coefficient (Wildman–Crippen LogP) is 4.09. The van der Waals surface area contributed by atoms with Crippen molar-refractivity contribution in [2.45, 2.75) is 19.6 Å². The summed E-state index contributed by atoms with van der Waals surface area (Å²) < 4.78 is 14.1. The monoisotopic (exact) mass is 372 g/mol. The molecule has 0 fully saturated rings. The largest absolute Gasteiger partial charge is 0.486 e. The maximum atomic E-state index is 6.15. The zero-order valence-corrected chi connectivity index (χ0v) is 15.5. The van der Waals surface area contributed by atoms with Gasteiger partial charge in [0.25, 0.3) is 0 Å². The summed E-state index contributed by atoms with van der Waals surface area (Å²) in [6.07, 6.45) is 3.61. The summed E-state index contributed by atoms with van der Waals surface area (Å²) in [5.41, 5.74) is 3.91. The first-order valence-corrected chi connectivity index (χ1v) is 9.29. The maximum Gasteiger partial charge on any atom is 0.161 e. The van der Waals surface area contributed by atoms with E-state index in [0.717, 1.165) is 40.0 Å². The first-order valence-electron chi connectivity index (χ1n) is 9.29. The number of hydrogen-bond donors (Lipinski definition) is 1. The Morgan fingerprint density at radius 2 is 1.82 bits per heavy atom. The number of aromatic nitrogens is 4. The van der Waals surface area contributed by atoms with E-state index in [9.17, 15) is 0 Å². The highest BCUT2D eigenvalue weighted by Gasteiger charge is 2.24. The molecule has 5 rings (SSSR count). The highest BCUT2D eigenvalue weighted by Crippen LogP contribution is 2.33. The number of rotatable bonds is 4. The van der Waals surface area contributed by atoms with Gasteiger partial charge in [0, 0.05) is 5.56 Å². The van der Waals surface area contributed by atoms with Crippen LogP contribution in [0.25, 0.3) is 22.6 Å². The third-order valence-electron chi connectivity index (χ3n) is 4.81. The first kappa shape index (κ1) is 16.6. The molecule has 0 saturated heterocycles. The lowest BCUT2D eigenvalue weighted by atomic mass is 10.1. The van der Waals surface area contributed by atoms with E-state index in [-0.39, 0.29) is 6.10 Å². The fourth-order valence-electron chi connectivity index (χ4n) is 3.52. The number of aromatic amines is 1. The number of hydrogen-bond acceptors (Lipinski definition) is 4. The van der Waals surface area contributed by atoms with E-state index in [4.69, 9.17) is 14.5 Å². The lowest BCUT2D eigenvalue weighted by Crippen LogP contribution is -2.33. The lowest BCUT2D eigenvalue weighted by molar-refractivity contribution is 0.0788. The SMILES string of the molecule is Cc1ncc(-c2c(-c3ccccc3)ncn2CC2COc3ccccc3O2)[nH]1. The molecule has 3 heterocycles. The fourth-order valence-corrected chi connectivity index (χ4v) is 3.52. The second-order valence-corrected chi connectivity index (χ2v) is 6.84. The second kappa shape index (κ2) is 6.88. The van der Waals surface area contributed by atoms with Gasteiger partial charge < -0.3 is 19.0 Å². The van der Waals surface area contributed by atoms with E-state index in [0.29, 0.717) is 13.2 Å². The van der Waals surface area contributed by atoms with Crippen LogP contribution in [0.5, 0.6) is 11.5 Å². The van der Waals surface area contributed by atoms with E-state index in [1.54, 1.807) is 0 Å². The molecule has 6 heteroatoms. The smallest absolute Gasteiger partial charge is 0.161 e. The van der Waals surface area contributed by atoms with Gasteiger partial charge in [-0.15, -0.1) is 0 Å². The Kier molecular flexibility index (Phi) is 4.09. The molecule has 28 heavy (non-hydrogen) atoms. The Bertz CT molecular complexity index is 1100. The Balaban J connectivity index is 1.51. The predicted molar refractivity (Wildman–Crippen MR) is 106 cm³/mol. The molecular weight excluding hydrogens is 352 g/mol. The third kappa shape index (κ3) is 3.03. The van der Waals surface area contributed by atoms with Gasteiger partial charge in [0.1, 0.15) is 12.4 Å². The summed E-state index contributed by atoms with van der Waals surface area (Å²) >= 11 is 0. The lowest BCUT2D eigenvalue weighted by Gasteiger charge is -2.27. The van der Waals surface area contributed by atoms with Crippen LogP contribution in [-0.4, -0.2) is 32.2 Å². The van der Waals surface area contributed by atoms with Gasteiger partial charge in [-0.3, -0.25) is 0 Å². The fraction of sp³-hybridized carbons (Fsp3) is 0.182. The average Bonchev–Trinajstić information content (AvgIpc) is 3.34. The average molecular weight is 372 g/mol. The first-order chi connectivity index (χ1) is 13.8. The summed E-state index contributed by atoms with van der Waals surface area (Å²) in [6.45, 7) is 3.07. The number of benzene rings is 2. The van der Waals surface area contributed by atoms with Gasteiger partial charge >= 0.3 is 0 Å². The van der Waals surface area contributed by atoms with E-state index in [1.807, 2.05) is 61.9 Å². The summed E-state index contributed by atoms with van der Waals surface area (Å²) in [5, 5.41) is 0. The van der Waals surface area contributed by atoms with Crippen molar-refractivity contribution in [2.24, 2.45) is 0 Å². The zero-order chi connectivity index (χ0) is 18.9. The molecule has 0 radical (unpaired) electrons. The van der Waals surface area contributed by atoms with Gasteiger partial charge in [-0.2, -0.15) is 0 Å². The molecule has 1 atom stereocenters. The second-order valence-electron chi connectivity index (χ2n) is 6.84. The van der Waals surface area contributed by atoms with Crippen LogP contribution in [0.15, 0.2) is 67.1 Å². The quantitative estimate of drug-likeness (QED) is 0.586. The van der Waals surface area contributed by atoms with Gasteiger partial charge in [-0.1, -0.05) is 42.5 Å². The molecule has 1 unspecified atom stereocenters. The van der Waals surface area contributed by atoms with Crippen LogP contribution in [0.2, 0.25) is 0 Å². The number of fused-ring (bicyclic) bond motifs is 1. The summed E-state index contributed by atoms with van der Waals surface area (Å²) in [7, 11) is 0. The van der Waals surface area contributed by atoms with Crippen molar-refractivity contribution in [2.75, 3.05) is 6.61 Å². The van der Waals surface area contributed by atoms with Crippen LogP contribution in [0.4, 0.5) is 0 Å². The molecule has 0 aliphatic carbocycles. The number of nitrogens with one attached hydrogen (secondary N) is 1. The number of nitrogens with zero attached hydrogens (tertiary/aromatic N) is 3. The van der Waals surface area contributed by atoms with E-state index >= 15 is 0 Å². The minimum Gasteiger partial charge on any atom is -0.486 e. The molecule has 0 spiro atoms. The maximum absolute atomic E-state index is 6.15. The van der Waals surface area contributed by atoms with Gasteiger partial charge in [0.2, 0.25) is 0 Å². The molecule has 4 aromatic rings. The topological polar surface area (TPSA) is 65.0 Å². The molecule has 2 aromatic heterocycles. The molecule has 1 aliphatic heterocycles. The minimum absolute atomic E-state index is 0.101.